The molecule has 3 amide bonds. The SMILES string of the molecule is C[C@H]1Oc2ccc(NC(=O)C3=NN(c4ccccc4)C(=O)CC3)cc2NC1=O. The van der Waals surface area contributed by atoms with Crippen molar-refractivity contribution >= 4 is 40.5 Å². The zero-order chi connectivity index (χ0) is 19.7. The summed E-state index contributed by atoms with van der Waals surface area (Å²) in [5, 5.41) is 11.0. The van der Waals surface area contributed by atoms with Crippen LogP contribution >= 0.6 is 0 Å². The number of ether oxygens (including phenoxy) is 1. The minimum absolute atomic E-state index is 0.162. The third-order valence-corrected chi connectivity index (χ3v) is 4.46. The lowest BCUT2D eigenvalue weighted by Gasteiger charge is -2.24. The van der Waals surface area contributed by atoms with E-state index in [1.807, 2.05) is 6.07 Å². The lowest BCUT2D eigenvalue weighted by molar-refractivity contribution is -0.122. The molecule has 0 unspecified atom stereocenters. The van der Waals surface area contributed by atoms with Gasteiger partial charge in [0, 0.05) is 18.5 Å². The Morgan fingerprint density at radius 1 is 1.18 bits per heavy atom. The van der Waals surface area contributed by atoms with E-state index in [9.17, 15) is 14.4 Å². The van der Waals surface area contributed by atoms with E-state index in [4.69, 9.17) is 4.74 Å². The van der Waals surface area contributed by atoms with Gasteiger partial charge in [0.2, 0.25) is 5.91 Å². The van der Waals surface area contributed by atoms with Crippen LogP contribution in [0.3, 0.4) is 0 Å². The Hall–Kier alpha value is -3.68. The highest BCUT2D eigenvalue weighted by Crippen LogP contribution is 2.32. The van der Waals surface area contributed by atoms with E-state index in [1.165, 1.54) is 5.01 Å². The molecule has 0 saturated carbocycles. The van der Waals surface area contributed by atoms with Crippen LogP contribution in [-0.2, 0) is 14.4 Å². The molecule has 2 aromatic carbocycles. The van der Waals surface area contributed by atoms with Crippen LogP contribution in [0.5, 0.6) is 5.75 Å². The summed E-state index contributed by atoms with van der Waals surface area (Å²) in [4.78, 5) is 36.6. The van der Waals surface area contributed by atoms with Crippen molar-refractivity contribution in [3.63, 3.8) is 0 Å². The van der Waals surface area contributed by atoms with Gasteiger partial charge in [0.05, 0.1) is 11.4 Å². The second kappa shape index (κ2) is 7.15. The number of benzene rings is 2. The van der Waals surface area contributed by atoms with Gasteiger partial charge in [0.25, 0.3) is 11.8 Å². The number of hydrogen-bond acceptors (Lipinski definition) is 5. The summed E-state index contributed by atoms with van der Waals surface area (Å²) in [6.07, 6.45) is -0.102. The largest absolute Gasteiger partial charge is 0.479 e. The normalized spacial score (nSPS) is 18.5. The van der Waals surface area contributed by atoms with Crippen LogP contribution in [0.2, 0.25) is 0 Å². The summed E-state index contributed by atoms with van der Waals surface area (Å²) in [7, 11) is 0. The molecule has 8 heteroatoms. The first-order valence-electron chi connectivity index (χ1n) is 8.89. The molecule has 0 bridgehead atoms. The molecule has 0 spiro atoms. The molecular formula is C20H18N4O4. The van der Waals surface area contributed by atoms with E-state index in [1.54, 1.807) is 49.4 Å². The van der Waals surface area contributed by atoms with Crippen LogP contribution in [0.25, 0.3) is 0 Å². The number of carbonyl (C=O) groups excluding carboxylic acids is 3. The van der Waals surface area contributed by atoms with Crippen molar-refractivity contribution in [2.45, 2.75) is 25.9 Å². The van der Waals surface area contributed by atoms with Gasteiger partial charge in [-0.25, -0.2) is 5.01 Å². The van der Waals surface area contributed by atoms with E-state index < -0.39 is 12.0 Å². The van der Waals surface area contributed by atoms with Gasteiger partial charge >= 0.3 is 0 Å². The van der Waals surface area contributed by atoms with Crippen LogP contribution in [0.4, 0.5) is 17.1 Å². The number of rotatable bonds is 3. The maximum Gasteiger partial charge on any atom is 0.271 e. The van der Waals surface area contributed by atoms with Crippen molar-refractivity contribution in [1.29, 1.82) is 0 Å². The maximum absolute atomic E-state index is 12.6. The molecule has 0 radical (unpaired) electrons. The highest BCUT2D eigenvalue weighted by atomic mass is 16.5. The third-order valence-electron chi connectivity index (χ3n) is 4.46. The Morgan fingerprint density at radius 2 is 1.96 bits per heavy atom. The molecule has 4 rings (SSSR count). The first kappa shape index (κ1) is 17.7. The molecule has 8 nitrogen and oxygen atoms in total. The highest BCUT2D eigenvalue weighted by molar-refractivity contribution is 6.44. The topological polar surface area (TPSA) is 100 Å². The summed E-state index contributed by atoms with van der Waals surface area (Å²) in [6.45, 7) is 1.66. The number of fused-ring (bicyclic) bond motifs is 1. The Bertz CT molecular complexity index is 987. The van der Waals surface area contributed by atoms with Crippen LogP contribution < -0.4 is 20.4 Å². The number of nitrogens with zero attached hydrogens (tertiary/aromatic N) is 2. The minimum atomic E-state index is -0.564. The van der Waals surface area contributed by atoms with E-state index in [-0.39, 0.29) is 30.4 Å². The van der Waals surface area contributed by atoms with E-state index in [0.29, 0.717) is 22.8 Å². The predicted octanol–water partition coefficient (Wildman–Crippen LogP) is 2.53. The molecule has 0 fully saturated rings. The standard InChI is InChI=1S/C20H18N4O4/c1-12-19(26)22-16-11-13(7-9-17(16)28-12)21-20(27)15-8-10-18(25)24(23-15)14-5-3-2-4-6-14/h2-7,9,11-12H,8,10H2,1H3,(H,21,27)(H,22,26)/t12-/m1/s1. The number of hydrazone groups is 1. The first-order chi connectivity index (χ1) is 13.5. The average molecular weight is 378 g/mol. The minimum Gasteiger partial charge on any atom is -0.479 e. The van der Waals surface area contributed by atoms with Crippen molar-refractivity contribution in [3.05, 3.63) is 48.5 Å². The van der Waals surface area contributed by atoms with Gasteiger partial charge in [-0.2, -0.15) is 5.10 Å². The summed E-state index contributed by atoms with van der Waals surface area (Å²) < 4.78 is 5.50. The van der Waals surface area contributed by atoms with Crippen LogP contribution in [0, 0.1) is 0 Å². The van der Waals surface area contributed by atoms with Gasteiger partial charge in [-0.3, -0.25) is 14.4 Å². The Morgan fingerprint density at radius 3 is 2.75 bits per heavy atom. The van der Waals surface area contributed by atoms with Crippen molar-refractivity contribution in [3.8, 4) is 5.75 Å². The number of nitrogens with one attached hydrogen (secondary N) is 2. The summed E-state index contributed by atoms with van der Waals surface area (Å²) in [6, 6.07) is 14.0. The second-order valence-corrected chi connectivity index (χ2v) is 6.50. The maximum atomic E-state index is 12.6. The summed E-state index contributed by atoms with van der Waals surface area (Å²) in [5.41, 5.74) is 1.86. The monoisotopic (exact) mass is 378 g/mol. The fourth-order valence-corrected chi connectivity index (χ4v) is 2.98. The van der Waals surface area contributed by atoms with Crippen molar-refractivity contribution in [2.75, 3.05) is 15.6 Å². The molecular weight excluding hydrogens is 360 g/mol. The first-order valence-corrected chi connectivity index (χ1v) is 8.89. The van der Waals surface area contributed by atoms with E-state index in [2.05, 4.69) is 15.7 Å². The van der Waals surface area contributed by atoms with Crippen LogP contribution in [0.15, 0.2) is 53.6 Å². The zero-order valence-corrected chi connectivity index (χ0v) is 15.1. The molecule has 2 aromatic rings. The van der Waals surface area contributed by atoms with Gasteiger partial charge in [0.1, 0.15) is 11.5 Å². The molecule has 2 aliphatic rings. The number of amides is 3. The fourth-order valence-electron chi connectivity index (χ4n) is 2.98. The van der Waals surface area contributed by atoms with E-state index >= 15 is 0 Å². The molecule has 0 aliphatic carbocycles. The number of para-hydroxylation sites is 1. The Kier molecular flexibility index (Phi) is 4.52. The van der Waals surface area contributed by atoms with Gasteiger partial charge in [-0.15, -0.1) is 0 Å². The lowest BCUT2D eigenvalue weighted by Crippen LogP contribution is -2.36. The van der Waals surface area contributed by atoms with Gasteiger partial charge in [0.15, 0.2) is 6.10 Å². The number of hydrogen-bond donors (Lipinski definition) is 2. The second-order valence-electron chi connectivity index (χ2n) is 6.50. The molecule has 2 aliphatic heterocycles. The van der Waals surface area contributed by atoms with Gasteiger partial charge < -0.3 is 15.4 Å². The molecule has 0 aromatic heterocycles. The smallest absolute Gasteiger partial charge is 0.271 e. The molecule has 2 heterocycles. The molecule has 28 heavy (non-hydrogen) atoms. The van der Waals surface area contributed by atoms with Crippen molar-refractivity contribution in [1.82, 2.24) is 0 Å². The molecule has 0 saturated heterocycles. The predicted molar refractivity (Wildman–Crippen MR) is 104 cm³/mol. The quantitative estimate of drug-likeness (QED) is 0.857. The molecule has 142 valence electrons. The third kappa shape index (κ3) is 3.44. The fraction of sp³-hybridized carbons (Fsp3) is 0.200. The number of anilines is 3. The van der Waals surface area contributed by atoms with E-state index in [0.717, 1.165) is 0 Å². The Labute approximate surface area is 161 Å². The average Bonchev–Trinajstić information content (AvgIpc) is 2.70. The summed E-state index contributed by atoms with van der Waals surface area (Å²) in [5.74, 6) is -0.263. The van der Waals surface area contributed by atoms with Crippen molar-refractivity contribution in [2.24, 2.45) is 5.10 Å². The van der Waals surface area contributed by atoms with Crippen LogP contribution in [-0.4, -0.2) is 29.5 Å². The van der Waals surface area contributed by atoms with Crippen molar-refractivity contribution < 1.29 is 19.1 Å². The Balaban J connectivity index is 1.53. The van der Waals surface area contributed by atoms with Gasteiger partial charge in [-0.1, -0.05) is 18.2 Å². The number of carbonyl (C=O) groups is 3. The zero-order valence-electron chi connectivity index (χ0n) is 15.1. The molecule has 1 atom stereocenters. The summed E-state index contributed by atoms with van der Waals surface area (Å²) >= 11 is 0. The lowest BCUT2D eigenvalue weighted by atomic mass is 10.1. The van der Waals surface area contributed by atoms with Crippen LogP contribution in [0.1, 0.15) is 19.8 Å². The van der Waals surface area contributed by atoms with Gasteiger partial charge in [-0.05, 0) is 37.3 Å². The molecule has 2 N–H and O–H groups in total. The highest BCUT2D eigenvalue weighted by Gasteiger charge is 2.27.